The number of hydrogen-bond acceptors (Lipinski definition) is 5. The Morgan fingerprint density at radius 2 is 2.12 bits per heavy atom. The third kappa shape index (κ3) is 2.60. The zero-order chi connectivity index (χ0) is 17.7. The van der Waals surface area contributed by atoms with Crippen LogP contribution in [0.1, 0.15) is 36.1 Å². The molecule has 6 rings (SSSR count). The number of thiophene rings is 1. The number of pyridine rings is 1. The molecule has 1 atom stereocenters. The summed E-state index contributed by atoms with van der Waals surface area (Å²) in [6.45, 7) is 2.93. The van der Waals surface area contributed by atoms with E-state index in [4.69, 9.17) is 4.74 Å². The van der Waals surface area contributed by atoms with Crippen molar-refractivity contribution in [2.75, 3.05) is 12.3 Å². The first-order chi connectivity index (χ1) is 12.6. The van der Waals surface area contributed by atoms with Gasteiger partial charge in [-0.05, 0) is 50.3 Å². The molecular weight excluding hydrogens is 366 g/mol. The van der Waals surface area contributed by atoms with Crippen LogP contribution in [0.25, 0.3) is 0 Å². The number of amidine groups is 1. The summed E-state index contributed by atoms with van der Waals surface area (Å²) in [6, 6.07) is 8.66. The molecule has 26 heavy (non-hydrogen) atoms. The van der Waals surface area contributed by atoms with Gasteiger partial charge in [0.05, 0.1) is 11.2 Å². The van der Waals surface area contributed by atoms with Gasteiger partial charge in [0.1, 0.15) is 16.8 Å². The monoisotopic (exact) mass is 387 g/mol. The highest BCUT2D eigenvalue weighted by Gasteiger charge is 2.52. The topological polar surface area (TPSA) is 54.8 Å². The van der Waals surface area contributed by atoms with E-state index in [1.165, 1.54) is 23.3 Å². The SMILES string of the molecule is Cc1ccc(Oc2ccc(C34CCC(CC3)N3CCS(=O)N=C34)cn2)s1. The number of piperidine rings is 2. The lowest BCUT2D eigenvalue weighted by Gasteiger charge is -2.55. The Kier molecular flexibility index (Phi) is 3.90. The Labute approximate surface area is 159 Å². The number of rotatable bonds is 3. The standard InChI is InChI=1S/C19H21N3O2S2/c1-13-2-5-17(25-13)24-16-4-3-14(12-20-16)19-8-6-15(7-9-19)22-10-11-26(23)21-18(19)22/h2-5,12,15H,6-11H2,1H3. The Bertz CT molecular complexity index is 882. The second-order valence-corrected chi connectivity index (χ2v) is 9.78. The molecule has 7 heteroatoms. The maximum atomic E-state index is 12.1. The number of aromatic nitrogens is 1. The molecule has 5 nitrogen and oxygen atoms in total. The predicted octanol–water partition coefficient (Wildman–Crippen LogP) is 3.82. The lowest BCUT2D eigenvalue weighted by molar-refractivity contribution is 0.152. The van der Waals surface area contributed by atoms with Crippen LogP contribution in [-0.4, -0.2) is 38.3 Å². The zero-order valence-electron chi connectivity index (χ0n) is 14.7. The zero-order valence-corrected chi connectivity index (χ0v) is 16.3. The van der Waals surface area contributed by atoms with Crippen LogP contribution in [0.5, 0.6) is 10.9 Å². The summed E-state index contributed by atoms with van der Waals surface area (Å²) in [5.41, 5.74) is 1.04. The normalized spacial score (nSPS) is 30.0. The Morgan fingerprint density at radius 1 is 1.27 bits per heavy atom. The van der Waals surface area contributed by atoms with Gasteiger partial charge >= 0.3 is 0 Å². The fourth-order valence-electron chi connectivity index (χ4n) is 4.54. The Morgan fingerprint density at radius 3 is 2.81 bits per heavy atom. The van der Waals surface area contributed by atoms with Crippen LogP contribution in [0.3, 0.4) is 0 Å². The molecule has 4 aliphatic rings. The molecule has 2 saturated heterocycles. The minimum atomic E-state index is -1.09. The summed E-state index contributed by atoms with van der Waals surface area (Å²) in [7, 11) is -1.09. The molecule has 2 aromatic heterocycles. The van der Waals surface area contributed by atoms with Crippen molar-refractivity contribution < 1.29 is 8.95 Å². The van der Waals surface area contributed by atoms with Crippen LogP contribution in [0.15, 0.2) is 34.9 Å². The molecule has 136 valence electrons. The fourth-order valence-corrected chi connectivity index (χ4v) is 6.17. The summed E-state index contributed by atoms with van der Waals surface area (Å²) in [5, 5.41) is 0.859. The average molecular weight is 388 g/mol. The number of ether oxygens (including phenoxy) is 1. The van der Waals surface area contributed by atoms with Crippen molar-refractivity contribution in [1.82, 2.24) is 9.88 Å². The quantitative estimate of drug-likeness (QED) is 0.803. The molecule has 3 aliphatic heterocycles. The van der Waals surface area contributed by atoms with Gasteiger partial charge in [-0.25, -0.2) is 9.19 Å². The van der Waals surface area contributed by atoms with Crippen LogP contribution in [0.2, 0.25) is 0 Å². The first kappa shape index (κ1) is 16.4. The lowest BCUT2D eigenvalue weighted by atomic mass is 9.63. The maximum absolute atomic E-state index is 12.1. The third-order valence-electron chi connectivity index (χ3n) is 5.85. The van der Waals surface area contributed by atoms with E-state index in [2.05, 4.69) is 27.3 Å². The van der Waals surface area contributed by atoms with E-state index in [0.29, 0.717) is 17.7 Å². The van der Waals surface area contributed by atoms with Crippen molar-refractivity contribution in [3.63, 3.8) is 0 Å². The summed E-state index contributed by atoms with van der Waals surface area (Å²) < 4.78 is 22.5. The fraction of sp³-hybridized carbons (Fsp3) is 0.474. The third-order valence-corrected chi connectivity index (χ3v) is 7.64. The minimum absolute atomic E-state index is 0.129. The van der Waals surface area contributed by atoms with Crippen molar-refractivity contribution in [3.05, 3.63) is 40.9 Å². The van der Waals surface area contributed by atoms with Crippen LogP contribution in [0, 0.1) is 6.92 Å². The number of fused-ring (bicyclic) bond motifs is 2. The van der Waals surface area contributed by atoms with E-state index in [-0.39, 0.29) is 5.41 Å². The van der Waals surface area contributed by atoms with Crippen molar-refractivity contribution in [2.24, 2.45) is 4.40 Å². The molecule has 0 amide bonds. The second kappa shape index (κ2) is 6.16. The predicted molar refractivity (Wildman–Crippen MR) is 104 cm³/mol. The van der Waals surface area contributed by atoms with E-state index in [0.717, 1.165) is 30.3 Å². The molecular formula is C19H21N3O2S2. The van der Waals surface area contributed by atoms with Crippen molar-refractivity contribution in [1.29, 1.82) is 0 Å². The Hall–Kier alpha value is -1.73. The summed E-state index contributed by atoms with van der Waals surface area (Å²) in [6.07, 6.45) is 6.42. The van der Waals surface area contributed by atoms with Gasteiger partial charge in [-0.1, -0.05) is 6.07 Å². The van der Waals surface area contributed by atoms with Crippen LogP contribution >= 0.6 is 11.3 Å². The van der Waals surface area contributed by atoms with Crippen LogP contribution in [0.4, 0.5) is 0 Å². The molecule has 2 bridgehead atoms. The van der Waals surface area contributed by atoms with Crippen molar-refractivity contribution in [3.8, 4) is 10.9 Å². The highest BCUT2D eigenvalue weighted by Crippen LogP contribution is 2.49. The number of hydrogen-bond donors (Lipinski definition) is 0. The van der Waals surface area contributed by atoms with E-state index < -0.39 is 11.0 Å². The van der Waals surface area contributed by atoms with Gasteiger partial charge in [-0.3, -0.25) is 0 Å². The molecule has 5 heterocycles. The molecule has 2 aromatic rings. The molecule has 0 spiro atoms. The van der Waals surface area contributed by atoms with Gasteiger partial charge in [0, 0.05) is 29.7 Å². The van der Waals surface area contributed by atoms with Gasteiger partial charge in [0.15, 0.2) is 5.06 Å². The van der Waals surface area contributed by atoms with E-state index in [9.17, 15) is 4.21 Å². The average Bonchev–Trinajstić information content (AvgIpc) is 3.08. The molecule has 1 saturated carbocycles. The highest BCUT2D eigenvalue weighted by atomic mass is 32.2. The number of aryl methyl sites for hydroxylation is 1. The van der Waals surface area contributed by atoms with Gasteiger partial charge < -0.3 is 9.64 Å². The van der Waals surface area contributed by atoms with Crippen molar-refractivity contribution in [2.45, 2.75) is 44.1 Å². The molecule has 1 unspecified atom stereocenters. The molecule has 0 N–H and O–H groups in total. The maximum Gasteiger partial charge on any atom is 0.220 e. The molecule has 1 aliphatic carbocycles. The van der Waals surface area contributed by atoms with E-state index in [1.807, 2.05) is 24.4 Å². The largest absolute Gasteiger partial charge is 0.428 e. The molecule has 0 aromatic carbocycles. The highest BCUT2D eigenvalue weighted by molar-refractivity contribution is 7.83. The van der Waals surface area contributed by atoms with Gasteiger partial charge in [-0.2, -0.15) is 4.40 Å². The number of nitrogens with zero attached hydrogens (tertiary/aromatic N) is 3. The van der Waals surface area contributed by atoms with E-state index >= 15 is 0 Å². The second-order valence-electron chi connectivity index (χ2n) is 7.30. The first-order valence-corrected chi connectivity index (χ1v) is 11.2. The summed E-state index contributed by atoms with van der Waals surface area (Å²) >= 11 is 1.62. The van der Waals surface area contributed by atoms with Crippen LogP contribution in [-0.2, 0) is 16.4 Å². The summed E-state index contributed by atoms with van der Waals surface area (Å²) in [5.74, 6) is 2.30. The van der Waals surface area contributed by atoms with Gasteiger partial charge in [0.2, 0.25) is 5.88 Å². The van der Waals surface area contributed by atoms with Crippen molar-refractivity contribution >= 4 is 28.2 Å². The summed E-state index contributed by atoms with van der Waals surface area (Å²) in [4.78, 5) is 8.19. The van der Waals surface area contributed by atoms with Crippen LogP contribution < -0.4 is 4.74 Å². The minimum Gasteiger partial charge on any atom is -0.428 e. The van der Waals surface area contributed by atoms with E-state index in [1.54, 1.807) is 11.3 Å². The van der Waals surface area contributed by atoms with Gasteiger partial charge in [0.25, 0.3) is 0 Å². The Balaban J connectivity index is 1.47. The lowest BCUT2D eigenvalue weighted by Crippen LogP contribution is -2.62. The molecule has 3 fully saturated rings. The van der Waals surface area contributed by atoms with Gasteiger partial charge in [-0.15, -0.1) is 11.3 Å². The first-order valence-electron chi connectivity index (χ1n) is 9.09. The molecule has 0 radical (unpaired) electrons. The smallest absolute Gasteiger partial charge is 0.220 e.